The second kappa shape index (κ2) is 5.76. The number of carbonyl (C=O) groups is 1. The summed E-state index contributed by atoms with van der Waals surface area (Å²) in [5.74, 6) is -0.0377. The van der Waals surface area contributed by atoms with Gasteiger partial charge in [0.25, 0.3) is 5.91 Å². The van der Waals surface area contributed by atoms with Crippen LogP contribution in [-0.4, -0.2) is 29.6 Å². The van der Waals surface area contributed by atoms with Gasteiger partial charge in [0.1, 0.15) is 5.69 Å². The minimum atomic E-state index is -0.0377. The summed E-state index contributed by atoms with van der Waals surface area (Å²) < 4.78 is 1.91. The molecule has 18 heavy (non-hydrogen) atoms. The standard InChI is InChI=1S/C13H20ClN3O/c1-9(2)17-8-10(14)6-12(17)13(18)16-11-4-3-5-15-7-11/h6,8-9,11,15H,3-5,7H2,1-2H3,(H,16,18)/t11-/m1/s1. The van der Waals surface area contributed by atoms with Crippen molar-refractivity contribution < 1.29 is 4.79 Å². The lowest BCUT2D eigenvalue weighted by molar-refractivity contribution is 0.0920. The highest BCUT2D eigenvalue weighted by molar-refractivity contribution is 6.31. The smallest absolute Gasteiger partial charge is 0.268 e. The van der Waals surface area contributed by atoms with Crippen LogP contribution in [0.1, 0.15) is 43.2 Å². The van der Waals surface area contributed by atoms with Gasteiger partial charge in [-0.25, -0.2) is 0 Å². The van der Waals surface area contributed by atoms with Gasteiger partial charge in [-0.1, -0.05) is 11.6 Å². The van der Waals surface area contributed by atoms with E-state index in [9.17, 15) is 4.79 Å². The molecular weight excluding hydrogens is 250 g/mol. The van der Waals surface area contributed by atoms with E-state index in [1.165, 1.54) is 0 Å². The van der Waals surface area contributed by atoms with Gasteiger partial charge >= 0.3 is 0 Å². The molecule has 0 aliphatic carbocycles. The molecule has 1 amide bonds. The number of hydrogen-bond donors (Lipinski definition) is 2. The van der Waals surface area contributed by atoms with Crippen LogP contribution in [0.2, 0.25) is 5.02 Å². The summed E-state index contributed by atoms with van der Waals surface area (Å²) in [5, 5.41) is 6.96. The average molecular weight is 270 g/mol. The molecule has 1 aromatic heterocycles. The molecule has 2 rings (SSSR count). The number of nitrogens with one attached hydrogen (secondary N) is 2. The zero-order valence-corrected chi connectivity index (χ0v) is 11.6. The lowest BCUT2D eigenvalue weighted by Crippen LogP contribution is -2.46. The topological polar surface area (TPSA) is 46.1 Å². The molecule has 2 N–H and O–H groups in total. The van der Waals surface area contributed by atoms with Gasteiger partial charge in [0.05, 0.1) is 5.02 Å². The van der Waals surface area contributed by atoms with E-state index in [4.69, 9.17) is 11.6 Å². The first-order valence-corrected chi connectivity index (χ1v) is 6.84. The van der Waals surface area contributed by atoms with E-state index >= 15 is 0 Å². The predicted molar refractivity (Wildman–Crippen MR) is 73.2 cm³/mol. The van der Waals surface area contributed by atoms with Gasteiger partial charge in [-0.2, -0.15) is 0 Å². The maximum absolute atomic E-state index is 12.2. The highest BCUT2D eigenvalue weighted by atomic mass is 35.5. The Hall–Kier alpha value is -1.00. The Morgan fingerprint density at radius 1 is 1.61 bits per heavy atom. The number of nitrogens with zero attached hydrogens (tertiary/aromatic N) is 1. The fourth-order valence-electron chi connectivity index (χ4n) is 2.29. The molecule has 0 radical (unpaired) electrons. The third-order valence-corrected chi connectivity index (χ3v) is 3.44. The molecule has 1 aromatic rings. The van der Waals surface area contributed by atoms with Crippen molar-refractivity contribution in [1.29, 1.82) is 0 Å². The van der Waals surface area contributed by atoms with Gasteiger partial charge in [0.15, 0.2) is 0 Å². The number of amides is 1. The van der Waals surface area contributed by atoms with Crippen molar-refractivity contribution in [2.24, 2.45) is 0 Å². The first-order chi connectivity index (χ1) is 8.58. The van der Waals surface area contributed by atoms with Gasteiger partial charge in [-0.15, -0.1) is 0 Å². The zero-order chi connectivity index (χ0) is 13.1. The molecule has 0 bridgehead atoms. The Bertz CT molecular complexity index is 422. The molecular formula is C13H20ClN3O. The van der Waals surface area contributed by atoms with Crippen molar-refractivity contribution in [2.75, 3.05) is 13.1 Å². The Morgan fingerprint density at radius 3 is 3.00 bits per heavy atom. The van der Waals surface area contributed by atoms with E-state index in [2.05, 4.69) is 10.6 Å². The summed E-state index contributed by atoms with van der Waals surface area (Å²) >= 11 is 5.98. The maximum atomic E-state index is 12.2. The summed E-state index contributed by atoms with van der Waals surface area (Å²) in [5.41, 5.74) is 0.639. The van der Waals surface area contributed by atoms with Crippen molar-refractivity contribution in [3.05, 3.63) is 23.0 Å². The van der Waals surface area contributed by atoms with Gasteiger partial charge in [-0.3, -0.25) is 4.79 Å². The van der Waals surface area contributed by atoms with E-state index in [0.29, 0.717) is 10.7 Å². The minimum absolute atomic E-state index is 0.0377. The molecule has 0 unspecified atom stereocenters. The number of carbonyl (C=O) groups excluding carboxylic acids is 1. The first kappa shape index (κ1) is 13.4. The van der Waals surface area contributed by atoms with Crippen LogP contribution in [0.4, 0.5) is 0 Å². The minimum Gasteiger partial charge on any atom is -0.347 e. The Morgan fingerprint density at radius 2 is 2.39 bits per heavy atom. The van der Waals surface area contributed by atoms with E-state index in [-0.39, 0.29) is 18.0 Å². The van der Waals surface area contributed by atoms with Crippen LogP contribution >= 0.6 is 11.6 Å². The second-order valence-corrected chi connectivity index (χ2v) is 5.50. The van der Waals surface area contributed by atoms with E-state index in [0.717, 1.165) is 25.9 Å². The molecule has 1 saturated heterocycles. The van der Waals surface area contributed by atoms with Crippen LogP contribution in [0.5, 0.6) is 0 Å². The Labute approximate surface area is 113 Å². The fraction of sp³-hybridized carbons (Fsp3) is 0.615. The van der Waals surface area contributed by atoms with Crippen molar-refractivity contribution in [2.45, 2.75) is 38.8 Å². The molecule has 5 heteroatoms. The lowest BCUT2D eigenvalue weighted by atomic mass is 10.1. The van der Waals surface area contributed by atoms with Crippen LogP contribution < -0.4 is 10.6 Å². The lowest BCUT2D eigenvalue weighted by Gasteiger charge is -2.24. The third kappa shape index (κ3) is 3.06. The average Bonchev–Trinajstić information content (AvgIpc) is 2.73. The number of piperidine rings is 1. The fourth-order valence-corrected chi connectivity index (χ4v) is 2.50. The molecule has 1 aliphatic heterocycles. The zero-order valence-electron chi connectivity index (χ0n) is 10.9. The van der Waals surface area contributed by atoms with Crippen molar-refractivity contribution in [3.8, 4) is 0 Å². The molecule has 0 spiro atoms. The van der Waals surface area contributed by atoms with E-state index in [1.807, 2.05) is 18.4 Å². The molecule has 0 aromatic carbocycles. The maximum Gasteiger partial charge on any atom is 0.268 e. The summed E-state index contributed by atoms with van der Waals surface area (Å²) in [6.45, 7) is 5.97. The SMILES string of the molecule is CC(C)n1cc(Cl)cc1C(=O)N[C@@H]1CCCNC1. The van der Waals surface area contributed by atoms with Crippen LogP contribution in [0.3, 0.4) is 0 Å². The molecule has 1 atom stereocenters. The van der Waals surface area contributed by atoms with E-state index < -0.39 is 0 Å². The Balaban J connectivity index is 2.08. The first-order valence-electron chi connectivity index (χ1n) is 6.47. The van der Waals surface area contributed by atoms with Crippen LogP contribution in [0.15, 0.2) is 12.3 Å². The Kier molecular flexibility index (Phi) is 4.30. The highest BCUT2D eigenvalue weighted by Gasteiger charge is 2.19. The van der Waals surface area contributed by atoms with Crippen molar-refractivity contribution in [3.63, 3.8) is 0 Å². The van der Waals surface area contributed by atoms with Gasteiger partial charge in [-0.05, 0) is 39.3 Å². The van der Waals surface area contributed by atoms with E-state index in [1.54, 1.807) is 12.3 Å². The summed E-state index contributed by atoms with van der Waals surface area (Å²) in [6.07, 6.45) is 3.95. The van der Waals surface area contributed by atoms with Gasteiger partial charge in [0.2, 0.25) is 0 Å². The van der Waals surface area contributed by atoms with Crippen LogP contribution in [0, 0.1) is 0 Å². The summed E-state index contributed by atoms with van der Waals surface area (Å²) in [7, 11) is 0. The third-order valence-electron chi connectivity index (χ3n) is 3.24. The number of halogens is 1. The highest BCUT2D eigenvalue weighted by Crippen LogP contribution is 2.19. The van der Waals surface area contributed by atoms with Crippen LogP contribution in [0.25, 0.3) is 0 Å². The second-order valence-electron chi connectivity index (χ2n) is 5.06. The monoisotopic (exact) mass is 269 g/mol. The molecule has 100 valence electrons. The van der Waals surface area contributed by atoms with Gasteiger partial charge < -0.3 is 15.2 Å². The molecule has 4 nitrogen and oxygen atoms in total. The molecule has 2 heterocycles. The quantitative estimate of drug-likeness (QED) is 0.884. The molecule has 1 aliphatic rings. The number of hydrogen-bond acceptors (Lipinski definition) is 2. The molecule has 0 saturated carbocycles. The van der Waals surface area contributed by atoms with Crippen molar-refractivity contribution >= 4 is 17.5 Å². The normalized spacial score (nSPS) is 20.1. The summed E-state index contributed by atoms with van der Waals surface area (Å²) in [4.78, 5) is 12.2. The predicted octanol–water partition coefficient (Wildman–Crippen LogP) is 2.20. The van der Waals surface area contributed by atoms with Crippen LogP contribution in [-0.2, 0) is 0 Å². The summed E-state index contributed by atoms with van der Waals surface area (Å²) in [6, 6.07) is 2.18. The van der Waals surface area contributed by atoms with Gasteiger partial charge in [0, 0.05) is 24.8 Å². The molecule has 1 fully saturated rings. The number of rotatable bonds is 3. The largest absolute Gasteiger partial charge is 0.347 e. The van der Waals surface area contributed by atoms with Crippen molar-refractivity contribution in [1.82, 2.24) is 15.2 Å². The number of aromatic nitrogens is 1.